The van der Waals surface area contributed by atoms with Crippen LogP contribution in [0.3, 0.4) is 0 Å². The number of aliphatic hydroxyl groups excluding tert-OH is 1. The lowest BCUT2D eigenvalue weighted by Gasteiger charge is -2.41. The second-order valence-corrected chi connectivity index (χ2v) is 10.7. The molecule has 3 aliphatic rings. The predicted molar refractivity (Wildman–Crippen MR) is 144 cm³/mol. The molecule has 2 N–H and O–H groups in total. The number of ether oxygens (including phenoxy) is 1. The number of rotatable bonds is 7. The van der Waals surface area contributed by atoms with Crippen LogP contribution >= 0.6 is 0 Å². The largest absolute Gasteiger partial charge is 0.485 e. The summed E-state index contributed by atoms with van der Waals surface area (Å²) in [5, 5.41) is 21.5. The molecule has 1 amide bonds. The van der Waals surface area contributed by atoms with Crippen LogP contribution in [0.4, 0.5) is 11.5 Å². The first-order valence-electron chi connectivity index (χ1n) is 13.6. The molecule has 9 heteroatoms. The van der Waals surface area contributed by atoms with E-state index < -0.39 is 6.10 Å². The smallest absolute Gasteiger partial charge is 0.271 e. The van der Waals surface area contributed by atoms with Crippen LogP contribution in [0.15, 0.2) is 60.9 Å². The van der Waals surface area contributed by atoms with Crippen LogP contribution in [-0.4, -0.2) is 64.5 Å². The summed E-state index contributed by atoms with van der Waals surface area (Å²) in [6.45, 7) is 3.86. The van der Waals surface area contributed by atoms with Crippen LogP contribution in [0.25, 0.3) is 0 Å². The van der Waals surface area contributed by atoms with Gasteiger partial charge < -0.3 is 25.0 Å². The average molecular weight is 515 g/mol. The number of piperidine rings is 1. The molecule has 38 heavy (non-hydrogen) atoms. The van der Waals surface area contributed by atoms with Crippen LogP contribution in [0.2, 0.25) is 0 Å². The predicted octanol–water partition coefficient (Wildman–Crippen LogP) is 3.37. The van der Waals surface area contributed by atoms with E-state index in [0.29, 0.717) is 5.56 Å². The van der Waals surface area contributed by atoms with Crippen LogP contribution in [0, 0.1) is 5.92 Å². The molecule has 1 unspecified atom stereocenters. The number of aliphatic hydroxyl groups is 1. The van der Waals surface area contributed by atoms with Crippen molar-refractivity contribution in [3.63, 3.8) is 0 Å². The number of anilines is 2. The van der Waals surface area contributed by atoms with E-state index in [1.54, 1.807) is 30.6 Å². The summed E-state index contributed by atoms with van der Waals surface area (Å²) >= 11 is 0. The van der Waals surface area contributed by atoms with Crippen LogP contribution < -0.4 is 19.9 Å². The first kappa shape index (κ1) is 24.6. The second kappa shape index (κ2) is 10.6. The molecule has 1 saturated heterocycles. The number of amides is 1. The lowest BCUT2D eigenvalue weighted by Crippen LogP contribution is -2.49. The van der Waals surface area contributed by atoms with E-state index in [4.69, 9.17) is 4.74 Å². The summed E-state index contributed by atoms with van der Waals surface area (Å²) in [6.07, 6.45) is 7.90. The zero-order chi connectivity index (χ0) is 26.0. The van der Waals surface area contributed by atoms with Crippen molar-refractivity contribution in [1.82, 2.24) is 20.5 Å². The van der Waals surface area contributed by atoms with E-state index in [1.165, 1.54) is 18.5 Å². The Morgan fingerprint density at radius 3 is 2.61 bits per heavy atom. The van der Waals surface area contributed by atoms with Crippen molar-refractivity contribution in [2.24, 2.45) is 5.92 Å². The van der Waals surface area contributed by atoms with Crippen LogP contribution in [-0.2, 0) is 0 Å². The Balaban J connectivity index is 1.05. The maximum absolute atomic E-state index is 12.5. The third-order valence-electron chi connectivity index (χ3n) is 7.95. The van der Waals surface area contributed by atoms with Gasteiger partial charge in [-0.2, -0.15) is 0 Å². The van der Waals surface area contributed by atoms with Gasteiger partial charge in [0, 0.05) is 69.9 Å². The van der Waals surface area contributed by atoms with Crippen molar-refractivity contribution in [3.05, 3.63) is 72.2 Å². The van der Waals surface area contributed by atoms with Gasteiger partial charge in [0.2, 0.25) is 0 Å². The molecule has 1 saturated carbocycles. The Labute approximate surface area is 222 Å². The number of nitrogens with one attached hydrogen (secondary N) is 1. The Morgan fingerprint density at radius 1 is 1.05 bits per heavy atom. The zero-order valence-corrected chi connectivity index (χ0v) is 21.5. The van der Waals surface area contributed by atoms with Gasteiger partial charge in [0.1, 0.15) is 11.4 Å². The molecular formula is C29H34N6O3. The molecule has 2 fully saturated rings. The minimum atomic E-state index is -0.834. The van der Waals surface area contributed by atoms with Gasteiger partial charge in [0.25, 0.3) is 5.91 Å². The maximum atomic E-state index is 12.5. The summed E-state index contributed by atoms with van der Waals surface area (Å²) in [7, 11) is 0. The average Bonchev–Trinajstić information content (AvgIpc) is 3.80. The van der Waals surface area contributed by atoms with Gasteiger partial charge >= 0.3 is 0 Å². The number of nitrogens with zero attached hydrogens (tertiary/aromatic N) is 5. The fourth-order valence-electron chi connectivity index (χ4n) is 5.43. The van der Waals surface area contributed by atoms with E-state index in [9.17, 15) is 9.90 Å². The van der Waals surface area contributed by atoms with E-state index in [2.05, 4.69) is 54.6 Å². The van der Waals surface area contributed by atoms with Crippen molar-refractivity contribution in [2.75, 3.05) is 42.5 Å². The van der Waals surface area contributed by atoms with Gasteiger partial charge in [-0.05, 0) is 49.1 Å². The fraction of sp³-hybridized carbons (Fsp3) is 0.448. The Morgan fingerprint density at radius 2 is 1.87 bits per heavy atom. The minimum Gasteiger partial charge on any atom is -0.485 e. The number of pyridine rings is 1. The lowest BCUT2D eigenvalue weighted by atomic mass is 9.87. The van der Waals surface area contributed by atoms with Gasteiger partial charge in [-0.3, -0.25) is 9.78 Å². The third-order valence-corrected chi connectivity index (χ3v) is 7.95. The normalized spacial score (nSPS) is 19.3. The summed E-state index contributed by atoms with van der Waals surface area (Å²) in [5.74, 6) is 2.22. The molecule has 2 aliphatic heterocycles. The molecule has 1 atom stereocenters. The number of carbonyl (C=O) groups is 1. The van der Waals surface area contributed by atoms with Gasteiger partial charge in [-0.1, -0.05) is 18.2 Å². The molecule has 6 rings (SSSR count). The Bertz CT molecular complexity index is 1240. The lowest BCUT2D eigenvalue weighted by molar-refractivity contribution is 0.0410. The highest BCUT2D eigenvalue weighted by Gasteiger charge is 2.40. The van der Waals surface area contributed by atoms with Crippen LogP contribution in [0.5, 0.6) is 5.75 Å². The Kier molecular flexibility index (Phi) is 6.84. The number of hydrogen-bond acceptors (Lipinski definition) is 8. The molecule has 9 nitrogen and oxygen atoms in total. The molecular weight excluding hydrogens is 480 g/mol. The van der Waals surface area contributed by atoms with Gasteiger partial charge in [-0.25, -0.2) is 0 Å². The first-order chi connectivity index (χ1) is 18.6. The molecule has 0 radical (unpaired) electrons. The number of aromatic nitrogens is 3. The monoisotopic (exact) mass is 514 g/mol. The number of fused-ring (bicyclic) bond motifs is 1. The van der Waals surface area contributed by atoms with Crippen molar-refractivity contribution in [2.45, 2.75) is 43.8 Å². The SMILES string of the molecule is O=C(NCC(O)c1cccnc1)c1ccc(N2CCC3(CC2)CCN(CC2CC2)c2ccccc2O3)nn1. The highest BCUT2D eigenvalue weighted by atomic mass is 16.5. The highest BCUT2D eigenvalue weighted by Crippen LogP contribution is 2.42. The molecule has 198 valence electrons. The summed E-state index contributed by atoms with van der Waals surface area (Å²) in [4.78, 5) is 21.3. The first-order valence-corrected chi connectivity index (χ1v) is 13.6. The van der Waals surface area contributed by atoms with Gasteiger partial charge in [0.15, 0.2) is 11.5 Å². The standard InChI is InChI=1S/C29H34N6O3/c36-25(22-4-3-14-30-18-22)19-31-28(37)23-9-10-27(33-32-23)34-15-11-29(12-16-34)13-17-35(20-21-7-8-21)24-5-1-2-6-26(24)38-29/h1-6,9-10,14,18,21,25,36H,7-8,11-13,15-17,19-20H2,(H,31,37). The number of hydrogen-bond donors (Lipinski definition) is 2. The van der Waals surface area contributed by atoms with Crippen molar-refractivity contribution in [1.29, 1.82) is 0 Å². The highest BCUT2D eigenvalue weighted by molar-refractivity contribution is 5.92. The van der Waals surface area contributed by atoms with E-state index in [0.717, 1.165) is 62.9 Å². The number of para-hydroxylation sites is 2. The summed E-state index contributed by atoms with van der Waals surface area (Å²) in [6, 6.07) is 15.5. The second-order valence-electron chi connectivity index (χ2n) is 10.7. The third kappa shape index (κ3) is 5.43. The van der Waals surface area contributed by atoms with Crippen molar-refractivity contribution >= 4 is 17.4 Å². The summed E-state index contributed by atoms with van der Waals surface area (Å²) < 4.78 is 6.75. The molecule has 0 bridgehead atoms. The van der Waals surface area contributed by atoms with Gasteiger partial charge in [-0.15, -0.1) is 10.2 Å². The van der Waals surface area contributed by atoms with E-state index >= 15 is 0 Å². The quantitative estimate of drug-likeness (QED) is 0.495. The summed E-state index contributed by atoms with van der Waals surface area (Å²) in [5.41, 5.74) is 1.92. The molecule has 1 aromatic carbocycles. The van der Waals surface area contributed by atoms with Crippen molar-refractivity contribution < 1.29 is 14.6 Å². The number of carbonyl (C=O) groups excluding carboxylic acids is 1. The Hall–Kier alpha value is -3.72. The molecule has 1 aliphatic carbocycles. The fourth-order valence-corrected chi connectivity index (χ4v) is 5.43. The molecule has 2 aromatic heterocycles. The molecule has 3 aromatic rings. The zero-order valence-electron chi connectivity index (χ0n) is 21.5. The molecule has 4 heterocycles. The maximum Gasteiger partial charge on any atom is 0.271 e. The molecule has 1 spiro atoms. The topological polar surface area (TPSA) is 104 Å². The van der Waals surface area contributed by atoms with Crippen LogP contribution in [0.1, 0.15) is 54.3 Å². The van der Waals surface area contributed by atoms with E-state index in [1.807, 2.05) is 6.07 Å². The van der Waals surface area contributed by atoms with Gasteiger partial charge in [0.05, 0.1) is 11.8 Å². The van der Waals surface area contributed by atoms with E-state index in [-0.39, 0.29) is 23.7 Å². The number of benzene rings is 1. The minimum absolute atomic E-state index is 0.0728. The van der Waals surface area contributed by atoms with Crippen molar-refractivity contribution in [3.8, 4) is 5.75 Å².